The van der Waals surface area contributed by atoms with Crippen molar-refractivity contribution in [2.45, 2.75) is 13.3 Å². The van der Waals surface area contributed by atoms with E-state index >= 15 is 0 Å². The molecule has 0 bridgehead atoms. The summed E-state index contributed by atoms with van der Waals surface area (Å²) in [6.07, 6.45) is 0.310. The number of rotatable bonds is 7. The standard InChI is InChI=1S/C13H18BrNO3/c1-10(9-16)8-15-13(17)5-6-18-12-4-2-3-11(14)7-12/h2-4,7,10,16H,5-6,8-9H2,1H3,(H,15,17). The normalized spacial score (nSPS) is 11.9. The summed E-state index contributed by atoms with van der Waals surface area (Å²) in [7, 11) is 0. The number of amides is 1. The number of aliphatic hydroxyl groups is 1. The van der Waals surface area contributed by atoms with Gasteiger partial charge in [-0.15, -0.1) is 0 Å². The maximum absolute atomic E-state index is 11.4. The molecule has 0 saturated heterocycles. The van der Waals surface area contributed by atoms with Gasteiger partial charge in [-0.05, 0) is 24.1 Å². The fourth-order valence-electron chi connectivity index (χ4n) is 1.26. The van der Waals surface area contributed by atoms with Crippen LogP contribution in [0.25, 0.3) is 0 Å². The zero-order valence-corrected chi connectivity index (χ0v) is 11.9. The second kappa shape index (κ2) is 8.11. The monoisotopic (exact) mass is 315 g/mol. The summed E-state index contributed by atoms with van der Waals surface area (Å²) >= 11 is 3.35. The summed E-state index contributed by atoms with van der Waals surface area (Å²) in [6.45, 7) is 2.79. The van der Waals surface area contributed by atoms with E-state index in [1.54, 1.807) is 0 Å². The lowest BCUT2D eigenvalue weighted by Crippen LogP contribution is -2.30. The Bertz CT molecular complexity index is 384. The van der Waals surface area contributed by atoms with E-state index in [4.69, 9.17) is 9.84 Å². The summed E-state index contributed by atoms with van der Waals surface area (Å²) in [5.74, 6) is 0.756. The zero-order valence-electron chi connectivity index (χ0n) is 10.4. The van der Waals surface area contributed by atoms with Crippen LogP contribution in [0.5, 0.6) is 5.75 Å². The van der Waals surface area contributed by atoms with E-state index in [1.807, 2.05) is 31.2 Å². The highest BCUT2D eigenvalue weighted by molar-refractivity contribution is 9.10. The van der Waals surface area contributed by atoms with Gasteiger partial charge >= 0.3 is 0 Å². The van der Waals surface area contributed by atoms with Crippen molar-refractivity contribution in [1.82, 2.24) is 5.32 Å². The van der Waals surface area contributed by atoms with Gasteiger partial charge in [0.1, 0.15) is 5.75 Å². The van der Waals surface area contributed by atoms with Gasteiger partial charge in [0.15, 0.2) is 0 Å². The summed E-state index contributed by atoms with van der Waals surface area (Å²) in [5, 5.41) is 11.6. The second-order valence-electron chi connectivity index (χ2n) is 4.15. The molecule has 4 nitrogen and oxygen atoms in total. The SMILES string of the molecule is CC(CO)CNC(=O)CCOc1cccc(Br)c1. The number of nitrogens with one attached hydrogen (secondary N) is 1. The maximum atomic E-state index is 11.4. The third-order valence-electron chi connectivity index (χ3n) is 2.35. The first kappa shape index (κ1) is 15.0. The Balaban J connectivity index is 2.19. The molecular formula is C13H18BrNO3. The smallest absolute Gasteiger partial charge is 0.223 e. The van der Waals surface area contributed by atoms with Crippen LogP contribution in [0.1, 0.15) is 13.3 Å². The molecule has 1 unspecified atom stereocenters. The second-order valence-corrected chi connectivity index (χ2v) is 5.06. The lowest BCUT2D eigenvalue weighted by atomic mass is 10.2. The van der Waals surface area contributed by atoms with Crippen LogP contribution in [-0.2, 0) is 4.79 Å². The van der Waals surface area contributed by atoms with Crippen molar-refractivity contribution < 1.29 is 14.6 Å². The number of benzene rings is 1. The number of carbonyl (C=O) groups is 1. The molecule has 18 heavy (non-hydrogen) atoms. The van der Waals surface area contributed by atoms with E-state index in [2.05, 4.69) is 21.2 Å². The lowest BCUT2D eigenvalue weighted by molar-refractivity contribution is -0.121. The van der Waals surface area contributed by atoms with Crippen LogP contribution in [0.3, 0.4) is 0 Å². The Morgan fingerprint density at radius 1 is 1.56 bits per heavy atom. The molecule has 0 aliphatic heterocycles. The van der Waals surface area contributed by atoms with Gasteiger partial charge in [-0.3, -0.25) is 4.79 Å². The van der Waals surface area contributed by atoms with Crippen molar-refractivity contribution in [1.29, 1.82) is 0 Å². The Hall–Kier alpha value is -1.07. The Kier molecular flexibility index (Phi) is 6.75. The maximum Gasteiger partial charge on any atom is 0.223 e. The van der Waals surface area contributed by atoms with E-state index in [-0.39, 0.29) is 18.4 Å². The fourth-order valence-corrected chi connectivity index (χ4v) is 1.64. The van der Waals surface area contributed by atoms with Gasteiger partial charge in [0.05, 0.1) is 13.0 Å². The Labute approximate surface area is 115 Å². The molecule has 1 aromatic rings. The van der Waals surface area contributed by atoms with Gasteiger partial charge < -0.3 is 15.2 Å². The molecule has 0 aliphatic carbocycles. The van der Waals surface area contributed by atoms with Gasteiger partial charge in [0.25, 0.3) is 0 Å². The average Bonchev–Trinajstić information content (AvgIpc) is 2.36. The molecule has 2 N–H and O–H groups in total. The topological polar surface area (TPSA) is 58.6 Å². The van der Waals surface area contributed by atoms with E-state index in [0.29, 0.717) is 19.6 Å². The van der Waals surface area contributed by atoms with Crippen LogP contribution >= 0.6 is 15.9 Å². The predicted molar refractivity (Wildman–Crippen MR) is 73.5 cm³/mol. The molecule has 1 aromatic carbocycles. The van der Waals surface area contributed by atoms with Gasteiger partial charge in [-0.25, -0.2) is 0 Å². The fraction of sp³-hybridized carbons (Fsp3) is 0.462. The molecule has 0 aromatic heterocycles. The number of ether oxygens (including phenoxy) is 1. The van der Waals surface area contributed by atoms with Gasteiger partial charge in [-0.2, -0.15) is 0 Å². The molecule has 1 atom stereocenters. The number of halogens is 1. The van der Waals surface area contributed by atoms with Crippen molar-refractivity contribution >= 4 is 21.8 Å². The highest BCUT2D eigenvalue weighted by Gasteiger charge is 2.05. The quantitative estimate of drug-likeness (QED) is 0.808. The van der Waals surface area contributed by atoms with E-state index < -0.39 is 0 Å². The van der Waals surface area contributed by atoms with E-state index in [0.717, 1.165) is 10.2 Å². The molecule has 0 fully saturated rings. The number of hydrogen-bond donors (Lipinski definition) is 2. The molecular weight excluding hydrogens is 298 g/mol. The lowest BCUT2D eigenvalue weighted by Gasteiger charge is -2.10. The number of carbonyl (C=O) groups excluding carboxylic acids is 1. The number of hydrogen-bond acceptors (Lipinski definition) is 3. The predicted octanol–water partition coefficient (Wildman–Crippen LogP) is 1.96. The van der Waals surface area contributed by atoms with E-state index in [9.17, 15) is 4.79 Å². The third kappa shape index (κ3) is 6.02. The molecule has 0 aliphatic rings. The van der Waals surface area contributed by atoms with Crippen LogP contribution in [-0.4, -0.2) is 30.8 Å². The molecule has 0 radical (unpaired) electrons. The summed E-state index contributed by atoms with van der Waals surface area (Å²) in [5.41, 5.74) is 0. The summed E-state index contributed by atoms with van der Waals surface area (Å²) in [4.78, 5) is 11.4. The minimum atomic E-state index is -0.0645. The minimum absolute atomic E-state index is 0.0645. The van der Waals surface area contributed by atoms with Gasteiger partial charge in [0.2, 0.25) is 5.91 Å². The summed E-state index contributed by atoms with van der Waals surface area (Å²) in [6, 6.07) is 7.49. The molecule has 5 heteroatoms. The van der Waals surface area contributed by atoms with Crippen molar-refractivity contribution in [3.05, 3.63) is 28.7 Å². The molecule has 0 heterocycles. The highest BCUT2D eigenvalue weighted by Crippen LogP contribution is 2.17. The Morgan fingerprint density at radius 2 is 2.33 bits per heavy atom. The van der Waals surface area contributed by atoms with Crippen molar-refractivity contribution in [2.24, 2.45) is 5.92 Å². The first-order valence-corrected chi connectivity index (χ1v) is 6.67. The third-order valence-corrected chi connectivity index (χ3v) is 2.85. The molecule has 100 valence electrons. The molecule has 1 rings (SSSR count). The molecule has 0 spiro atoms. The minimum Gasteiger partial charge on any atom is -0.493 e. The van der Waals surface area contributed by atoms with Gasteiger partial charge in [0, 0.05) is 17.6 Å². The van der Waals surface area contributed by atoms with Gasteiger partial charge in [-0.1, -0.05) is 28.9 Å². The average molecular weight is 316 g/mol. The van der Waals surface area contributed by atoms with Crippen LogP contribution in [0.15, 0.2) is 28.7 Å². The number of aliphatic hydroxyl groups excluding tert-OH is 1. The van der Waals surface area contributed by atoms with Crippen LogP contribution in [0.4, 0.5) is 0 Å². The van der Waals surface area contributed by atoms with Crippen LogP contribution in [0.2, 0.25) is 0 Å². The van der Waals surface area contributed by atoms with Crippen LogP contribution in [0, 0.1) is 5.92 Å². The van der Waals surface area contributed by atoms with Crippen molar-refractivity contribution in [3.63, 3.8) is 0 Å². The molecule has 1 amide bonds. The zero-order chi connectivity index (χ0) is 13.4. The van der Waals surface area contributed by atoms with E-state index in [1.165, 1.54) is 0 Å². The van der Waals surface area contributed by atoms with Crippen molar-refractivity contribution in [2.75, 3.05) is 19.8 Å². The van der Waals surface area contributed by atoms with Crippen LogP contribution < -0.4 is 10.1 Å². The summed E-state index contributed by atoms with van der Waals surface area (Å²) < 4.78 is 6.40. The largest absolute Gasteiger partial charge is 0.493 e. The Morgan fingerprint density at radius 3 is 3.00 bits per heavy atom. The first-order chi connectivity index (χ1) is 8.61. The molecule has 0 saturated carbocycles. The first-order valence-electron chi connectivity index (χ1n) is 5.87. The highest BCUT2D eigenvalue weighted by atomic mass is 79.9. The van der Waals surface area contributed by atoms with Crippen molar-refractivity contribution in [3.8, 4) is 5.75 Å².